The Hall–Kier alpha value is -2.23. The first-order valence-electron chi connectivity index (χ1n) is 5.90. The highest BCUT2D eigenvalue weighted by Gasteiger charge is 2.05. The van der Waals surface area contributed by atoms with Crippen LogP contribution in [0, 0.1) is 0 Å². The van der Waals surface area contributed by atoms with Gasteiger partial charge in [0, 0.05) is 18.3 Å². The summed E-state index contributed by atoms with van der Waals surface area (Å²) in [5.74, 6) is 0.863. The van der Waals surface area contributed by atoms with Gasteiger partial charge in [-0.3, -0.25) is 0 Å². The van der Waals surface area contributed by atoms with Gasteiger partial charge in [-0.25, -0.2) is 4.98 Å². The van der Waals surface area contributed by atoms with Crippen molar-refractivity contribution in [1.82, 2.24) is 4.98 Å². The number of phenols is 1. The Morgan fingerprint density at radius 2 is 2.06 bits per heavy atom. The molecule has 0 aliphatic heterocycles. The SMILES string of the molecule is CCOc1ncccc1NCc1ccccc1O. The normalized spacial score (nSPS) is 10.1. The Morgan fingerprint density at radius 1 is 1.22 bits per heavy atom. The van der Waals surface area contributed by atoms with Crippen molar-refractivity contribution in [2.24, 2.45) is 0 Å². The van der Waals surface area contributed by atoms with Crippen LogP contribution in [0.1, 0.15) is 12.5 Å². The van der Waals surface area contributed by atoms with Crippen LogP contribution < -0.4 is 10.1 Å². The number of hydrogen-bond donors (Lipinski definition) is 2. The van der Waals surface area contributed by atoms with E-state index in [0.29, 0.717) is 19.0 Å². The molecule has 94 valence electrons. The van der Waals surface area contributed by atoms with E-state index in [-0.39, 0.29) is 5.75 Å². The Labute approximate surface area is 106 Å². The number of ether oxygens (including phenoxy) is 1. The first-order valence-corrected chi connectivity index (χ1v) is 5.90. The van der Waals surface area contributed by atoms with Crippen LogP contribution in [0.5, 0.6) is 11.6 Å². The number of nitrogens with zero attached hydrogens (tertiary/aromatic N) is 1. The van der Waals surface area contributed by atoms with Crippen LogP contribution in [0.25, 0.3) is 0 Å². The minimum absolute atomic E-state index is 0.284. The van der Waals surface area contributed by atoms with Crippen molar-refractivity contribution in [2.45, 2.75) is 13.5 Å². The van der Waals surface area contributed by atoms with Crippen LogP contribution in [0.3, 0.4) is 0 Å². The second kappa shape index (κ2) is 5.91. The standard InChI is InChI=1S/C14H16N2O2/c1-2-18-14-12(7-5-9-15-14)16-10-11-6-3-4-8-13(11)17/h3-9,16-17H,2,10H2,1H3. The summed E-state index contributed by atoms with van der Waals surface area (Å²) in [5, 5.41) is 12.9. The Balaban J connectivity index is 2.08. The third kappa shape index (κ3) is 2.91. The number of pyridine rings is 1. The zero-order valence-electron chi connectivity index (χ0n) is 10.3. The van der Waals surface area contributed by atoms with Gasteiger partial charge in [0.25, 0.3) is 0 Å². The van der Waals surface area contributed by atoms with E-state index in [4.69, 9.17) is 4.74 Å². The molecular formula is C14H16N2O2. The van der Waals surface area contributed by atoms with Gasteiger partial charge in [-0.05, 0) is 25.1 Å². The fraction of sp³-hybridized carbons (Fsp3) is 0.214. The summed E-state index contributed by atoms with van der Waals surface area (Å²) in [4.78, 5) is 4.16. The minimum Gasteiger partial charge on any atom is -0.508 e. The monoisotopic (exact) mass is 244 g/mol. The maximum absolute atomic E-state index is 9.67. The molecule has 0 unspecified atom stereocenters. The van der Waals surface area contributed by atoms with Crippen LogP contribution in [-0.4, -0.2) is 16.7 Å². The third-order valence-electron chi connectivity index (χ3n) is 2.51. The lowest BCUT2D eigenvalue weighted by molar-refractivity contribution is 0.328. The van der Waals surface area contributed by atoms with Gasteiger partial charge in [-0.2, -0.15) is 0 Å². The van der Waals surface area contributed by atoms with Crippen molar-refractivity contribution in [2.75, 3.05) is 11.9 Å². The lowest BCUT2D eigenvalue weighted by Crippen LogP contribution is -2.04. The maximum atomic E-state index is 9.67. The highest BCUT2D eigenvalue weighted by molar-refractivity contribution is 5.52. The first-order chi connectivity index (χ1) is 8.81. The van der Waals surface area contributed by atoms with Gasteiger partial charge in [-0.15, -0.1) is 0 Å². The van der Waals surface area contributed by atoms with E-state index in [9.17, 15) is 5.11 Å². The summed E-state index contributed by atoms with van der Waals surface area (Å²) in [7, 11) is 0. The van der Waals surface area contributed by atoms with Crippen molar-refractivity contribution in [3.63, 3.8) is 0 Å². The van der Waals surface area contributed by atoms with E-state index in [1.807, 2.05) is 31.2 Å². The molecule has 4 nitrogen and oxygen atoms in total. The Kier molecular flexibility index (Phi) is 4.02. The average Bonchev–Trinajstić information content (AvgIpc) is 2.40. The molecule has 0 fully saturated rings. The molecule has 1 aromatic carbocycles. The van der Waals surface area contributed by atoms with Gasteiger partial charge < -0.3 is 15.2 Å². The summed E-state index contributed by atoms with van der Waals surface area (Å²) in [6.07, 6.45) is 1.69. The number of rotatable bonds is 5. The van der Waals surface area contributed by atoms with Gasteiger partial charge >= 0.3 is 0 Å². The molecule has 1 aromatic heterocycles. The topological polar surface area (TPSA) is 54.4 Å². The summed E-state index contributed by atoms with van der Waals surface area (Å²) in [6.45, 7) is 3.02. The van der Waals surface area contributed by atoms with Gasteiger partial charge in [0.05, 0.1) is 12.3 Å². The first kappa shape index (κ1) is 12.2. The fourth-order valence-corrected chi connectivity index (χ4v) is 1.63. The predicted molar refractivity (Wildman–Crippen MR) is 70.8 cm³/mol. The molecule has 0 atom stereocenters. The van der Waals surface area contributed by atoms with E-state index in [0.717, 1.165) is 11.3 Å². The van der Waals surface area contributed by atoms with Gasteiger partial charge in [0.15, 0.2) is 0 Å². The van der Waals surface area contributed by atoms with Crippen LogP contribution in [0.4, 0.5) is 5.69 Å². The fourth-order valence-electron chi connectivity index (χ4n) is 1.63. The zero-order valence-corrected chi connectivity index (χ0v) is 10.3. The number of benzene rings is 1. The van der Waals surface area contributed by atoms with E-state index < -0.39 is 0 Å². The molecule has 0 aliphatic carbocycles. The molecular weight excluding hydrogens is 228 g/mol. The lowest BCUT2D eigenvalue weighted by atomic mass is 10.2. The molecule has 0 aliphatic rings. The largest absolute Gasteiger partial charge is 0.508 e. The number of nitrogens with one attached hydrogen (secondary N) is 1. The number of hydrogen-bond acceptors (Lipinski definition) is 4. The lowest BCUT2D eigenvalue weighted by Gasteiger charge is -2.11. The molecule has 0 amide bonds. The van der Waals surface area contributed by atoms with Crippen molar-refractivity contribution in [1.29, 1.82) is 0 Å². The number of anilines is 1. The number of aromatic hydroxyl groups is 1. The van der Waals surface area contributed by atoms with Gasteiger partial charge in [0.2, 0.25) is 5.88 Å². The molecule has 4 heteroatoms. The molecule has 2 aromatic rings. The Bertz CT molecular complexity index is 515. The molecule has 2 N–H and O–H groups in total. The molecule has 0 saturated carbocycles. The van der Waals surface area contributed by atoms with Crippen LogP contribution >= 0.6 is 0 Å². The molecule has 0 radical (unpaired) electrons. The molecule has 0 saturated heterocycles. The van der Waals surface area contributed by atoms with Gasteiger partial charge in [-0.1, -0.05) is 18.2 Å². The summed E-state index contributed by atoms with van der Waals surface area (Å²) in [5.41, 5.74) is 1.66. The second-order valence-corrected chi connectivity index (χ2v) is 3.77. The smallest absolute Gasteiger partial charge is 0.237 e. The highest BCUT2D eigenvalue weighted by atomic mass is 16.5. The van der Waals surface area contributed by atoms with Crippen molar-refractivity contribution in [3.8, 4) is 11.6 Å². The second-order valence-electron chi connectivity index (χ2n) is 3.77. The third-order valence-corrected chi connectivity index (χ3v) is 2.51. The van der Waals surface area contributed by atoms with E-state index in [1.54, 1.807) is 18.3 Å². The Morgan fingerprint density at radius 3 is 2.83 bits per heavy atom. The van der Waals surface area contributed by atoms with Gasteiger partial charge in [0.1, 0.15) is 5.75 Å². The van der Waals surface area contributed by atoms with Crippen molar-refractivity contribution < 1.29 is 9.84 Å². The average molecular weight is 244 g/mol. The molecule has 0 spiro atoms. The quantitative estimate of drug-likeness (QED) is 0.849. The molecule has 1 heterocycles. The molecule has 0 bridgehead atoms. The highest BCUT2D eigenvalue weighted by Crippen LogP contribution is 2.23. The molecule has 18 heavy (non-hydrogen) atoms. The van der Waals surface area contributed by atoms with E-state index >= 15 is 0 Å². The predicted octanol–water partition coefficient (Wildman–Crippen LogP) is 2.80. The van der Waals surface area contributed by atoms with Crippen LogP contribution in [0.15, 0.2) is 42.6 Å². The van der Waals surface area contributed by atoms with E-state index in [2.05, 4.69) is 10.3 Å². The molecule has 2 rings (SSSR count). The zero-order chi connectivity index (χ0) is 12.8. The maximum Gasteiger partial charge on any atom is 0.237 e. The summed E-state index contributed by atoms with van der Waals surface area (Å²) >= 11 is 0. The van der Waals surface area contributed by atoms with Crippen LogP contribution in [0.2, 0.25) is 0 Å². The number of phenolic OH excluding ortho intramolecular Hbond substituents is 1. The summed E-state index contributed by atoms with van der Waals surface area (Å²) in [6, 6.07) is 11.0. The number of para-hydroxylation sites is 1. The van der Waals surface area contributed by atoms with Crippen molar-refractivity contribution in [3.05, 3.63) is 48.2 Å². The van der Waals surface area contributed by atoms with Crippen molar-refractivity contribution >= 4 is 5.69 Å². The number of aromatic nitrogens is 1. The van der Waals surface area contributed by atoms with E-state index in [1.165, 1.54) is 0 Å². The summed E-state index contributed by atoms with van der Waals surface area (Å²) < 4.78 is 5.42. The van der Waals surface area contributed by atoms with Crippen LogP contribution in [-0.2, 0) is 6.54 Å². The minimum atomic E-state index is 0.284.